The van der Waals surface area contributed by atoms with E-state index in [1.54, 1.807) is 0 Å². The molecule has 2 N–H and O–H groups in total. The van der Waals surface area contributed by atoms with Crippen molar-refractivity contribution in [2.45, 2.75) is 12.5 Å². The van der Waals surface area contributed by atoms with Gasteiger partial charge in [0.1, 0.15) is 6.04 Å². The maximum Gasteiger partial charge on any atom is 0.321 e. The van der Waals surface area contributed by atoms with Crippen LogP contribution >= 0.6 is 11.8 Å². The lowest BCUT2D eigenvalue weighted by molar-refractivity contribution is -0.140. The van der Waals surface area contributed by atoms with E-state index in [9.17, 15) is 4.79 Å². The maximum absolute atomic E-state index is 11.1. The van der Waals surface area contributed by atoms with Crippen molar-refractivity contribution in [2.24, 2.45) is 5.92 Å². The van der Waals surface area contributed by atoms with Crippen molar-refractivity contribution in [3.8, 4) is 0 Å². The molecular weight excluding hydrogens is 212 g/mol. The first-order chi connectivity index (χ1) is 7.11. The van der Waals surface area contributed by atoms with Gasteiger partial charge in [-0.25, -0.2) is 0 Å². The van der Waals surface area contributed by atoms with E-state index < -0.39 is 5.97 Å². The minimum atomic E-state index is -0.707. The van der Waals surface area contributed by atoms with Gasteiger partial charge < -0.3 is 15.3 Å². The Morgan fingerprint density at radius 2 is 2.40 bits per heavy atom. The van der Waals surface area contributed by atoms with Crippen LogP contribution in [-0.2, 0) is 4.79 Å². The first-order valence-electron chi connectivity index (χ1n) is 5.30. The Bertz CT molecular complexity index is 206. The van der Waals surface area contributed by atoms with Crippen molar-refractivity contribution in [2.75, 3.05) is 38.7 Å². The van der Waals surface area contributed by atoms with Gasteiger partial charge in [-0.15, -0.1) is 0 Å². The third kappa shape index (κ3) is 4.40. The van der Waals surface area contributed by atoms with Gasteiger partial charge in [0.05, 0.1) is 0 Å². The van der Waals surface area contributed by atoms with Crippen LogP contribution in [0, 0.1) is 5.92 Å². The molecule has 0 amide bonds. The monoisotopic (exact) mass is 232 g/mol. The number of hydrogen-bond acceptors (Lipinski definition) is 4. The molecule has 0 bridgehead atoms. The summed E-state index contributed by atoms with van der Waals surface area (Å²) in [5.74, 6) is 1.67. The second-order valence-corrected chi connectivity index (χ2v) is 5.35. The number of carboxylic acid groups (broad SMARTS) is 1. The number of likely N-dealkylation sites (N-methyl/N-ethyl adjacent to an activating group) is 1. The van der Waals surface area contributed by atoms with E-state index in [0.717, 1.165) is 31.0 Å². The van der Waals surface area contributed by atoms with Crippen LogP contribution in [0.5, 0.6) is 0 Å². The summed E-state index contributed by atoms with van der Waals surface area (Å²) in [5.41, 5.74) is 0. The summed E-state index contributed by atoms with van der Waals surface area (Å²) in [5, 5.41) is 12.3. The first kappa shape index (κ1) is 12.8. The molecule has 1 heterocycles. The largest absolute Gasteiger partial charge is 0.480 e. The summed E-state index contributed by atoms with van der Waals surface area (Å²) in [6.45, 7) is 1.62. The minimum absolute atomic E-state index is 0.301. The summed E-state index contributed by atoms with van der Waals surface area (Å²) in [6, 6.07) is -0.361. The molecule has 15 heavy (non-hydrogen) atoms. The van der Waals surface area contributed by atoms with Crippen molar-refractivity contribution in [1.82, 2.24) is 10.2 Å². The smallest absolute Gasteiger partial charge is 0.321 e. The topological polar surface area (TPSA) is 52.6 Å². The number of carbonyl (C=O) groups is 1. The normalized spacial score (nSPS) is 23.3. The Balaban J connectivity index is 2.33. The molecule has 4 nitrogen and oxygen atoms in total. The van der Waals surface area contributed by atoms with Crippen molar-refractivity contribution in [3.63, 3.8) is 0 Å². The number of hydrogen-bond donors (Lipinski definition) is 2. The van der Waals surface area contributed by atoms with Crippen LogP contribution in [0.3, 0.4) is 0 Å². The SMILES string of the molecule is CN(C)CCNC(C(=O)O)C1CCSC1. The molecule has 0 radical (unpaired) electrons. The van der Waals surface area contributed by atoms with Crippen LogP contribution in [-0.4, -0.2) is 60.7 Å². The Labute approximate surface area is 95.4 Å². The fourth-order valence-electron chi connectivity index (χ4n) is 1.71. The molecule has 2 atom stereocenters. The zero-order chi connectivity index (χ0) is 11.3. The summed E-state index contributed by atoms with van der Waals surface area (Å²) in [4.78, 5) is 13.1. The van der Waals surface area contributed by atoms with Crippen molar-refractivity contribution in [3.05, 3.63) is 0 Å². The van der Waals surface area contributed by atoms with Gasteiger partial charge in [-0.05, 0) is 37.9 Å². The standard InChI is InChI=1S/C10H20N2O2S/c1-12(2)5-4-11-9(10(13)14)8-3-6-15-7-8/h8-9,11H,3-7H2,1-2H3,(H,13,14). The summed E-state index contributed by atoms with van der Waals surface area (Å²) in [7, 11) is 3.98. The Morgan fingerprint density at radius 3 is 2.87 bits per heavy atom. The van der Waals surface area contributed by atoms with Gasteiger partial charge in [0.15, 0.2) is 0 Å². The van der Waals surface area contributed by atoms with E-state index in [-0.39, 0.29) is 6.04 Å². The van der Waals surface area contributed by atoms with Crippen molar-refractivity contribution >= 4 is 17.7 Å². The number of thioether (sulfide) groups is 1. The molecule has 1 rings (SSSR count). The lowest BCUT2D eigenvalue weighted by Gasteiger charge is -2.21. The highest BCUT2D eigenvalue weighted by Gasteiger charge is 2.30. The molecular formula is C10H20N2O2S. The molecule has 0 aliphatic carbocycles. The van der Waals surface area contributed by atoms with Crippen LogP contribution in [0.15, 0.2) is 0 Å². The number of aliphatic carboxylic acids is 1. The Kier molecular flexibility index (Phi) is 5.42. The molecule has 0 spiro atoms. The average molecular weight is 232 g/mol. The van der Waals surface area contributed by atoms with Gasteiger partial charge in [-0.1, -0.05) is 0 Å². The molecule has 2 unspecified atom stereocenters. The first-order valence-corrected chi connectivity index (χ1v) is 6.45. The molecule has 0 aromatic rings. The fourth-order valence-corrected chi connectivity index (χ4v) is 3.01. The van der Waals surface area contributed by atoms with E-state index in [0.29, 0.717) is 5.92 Å². The number of nitrogens with one attached hydrogen (secondary N) is 1. The molecule has 0 saturated carbocycles. The highest BCUT2D eigenvalue weighted by molar-refractivity contribution is 7.99. The van der Waals surface area contributed by atoms with Crippen LogP contribution < -0.4 is 5.32 Å². The fraction of sp³-hybridized carbons (Fsp3) is 0.900. The predicted octanol–water partition coefficient (Wildman–Crippen LogP) is 0.344. The molecule has 1 aliphatic heterocycles. The second kappa shape index (κ2) is 6.35. The molecule has 0 aromatic heterocycles. The number of nitrogens with zero attached hydrogens (tertiary/aromatic N) is 1. The molecule has 1 saturated heterocycles. The van der Waals surface area contributed by atoms with Crippen LogP contribution in [0.1, 0.15) is 6.42 Å². The van der Waals surface area contributed by atoms with Gasteiger partial charge in [0.25, 0.3) is 0 Å². The molecule has 0 aromatic carbocycles. The summed E-state index contributed by atoms with van der Waals surface area (Å²) < 4.78 is 0. The number of rotatable bonds is 6. The van der Waals surface area contributed by atoms with Gasteiger partial charge in [-0.3, -0.25) is 4.79 Å². The van der Waals surface area contributed by atoms with Crippen molar-refractivity contribution < 1.29 is 9.90 Å². The predicted molar refractivity (Wildman–Crippen MR) is 63.4 cm³/mol. The number of carboxylic acids is 1. The lowest BCUT2D eigenvalue weighted by atomic mass is 9.99. The van der Waals surface area contributed by atoms with Gasteiger partial charge in [0.2, 0.25) is 0 Å². The van der Waals surface area contributed by atoms with E-state index in [1.165, 1.54) is 0 Å². The lowest BCUT2D eigenvalue weighted by Crippen LogP contribution is -2.45. The van der Waals surface area contributed by atoms with E-state index in [2.05, 4.69) is 10.2 Å². The molecule has 1 fully saturated rings. The van der Waals surface area contributed by atoms with Crippen molar-refractivity contribution in [1.29, 1.82) is 0 Å². The zero-order valence-corrected chi connectivity index (χ0v) is 10.2. The zero-order valence-electron chi connectivity index (χ0n) is 9.40. The van der Waals surface area contributed by atoms with E-state index in [1.807, 2.05) is 25.9 Å². The third-order valence-corrected chi connectivity index (χ3v) is 3.81. The van der Waals surface area contributed by atoms with Gasteiger partial charge in [0, 0.05) is 13.1 Å². The highest BCUT2D eigenvalue weighted by Crippen LogP contribution is 2.26. The highest BCUT2D eigenvalue weighted by atomic mass is 32.2. The minimum Gasteiger partial charge on any atom is -0.480 e. The Morgan fingerprint density at radius 1 is 1.67 bits per heavy atom. The Hall–Kier alpha value is -0.260. The summed E-state index contributed by atoms with van der Waals surface area (Å²) >= 11 is 1.85. The van der Waals surface area contributed by atoms with E-state index in [4.69, 9.17) is 5.11 Å². The second-order valence-electron chi connectivity index (χ2n) is 4.20. The van der Waals surface area contributed by atoms with Crippen LogP contribution in [0.4, 0.5) is 0 Å². The third-order valence-electron chi connectivity index (χ3n) is 2.63. The quantitative estimate of drug-likeness (QED) is 0.692. The van der Waals surface area contributed by atoms with Crippen LogP contribution in [0.2, 0.25) is 0 Å². The summed E-state index contributed by atoms with van der Waals surface area (Å²) in [6.07, 6.45) is 1.02. The van der Waals surface area contributed by atoms with Gasteiger partial charge >= 0.3 is 5.97 Å². The van der Waals surface area contributed by atoms with E-state index >= 15 is 0 Å². The molecule has 1 aliphatic rings. The molecule has 88 valence electrons. The van der Waals surface area contributed by atoms with Gasteiger partial charge in [-0.2, -0.15) is 11.8 Å². The maximum atomic E-state index is 11.1. The molecule has 5 heteroatoms. The van der Waals surface area contributed by atoms with Crippen LogP contribution in [0.25, 0.3) is 0 Å². The average Bonchev–Trinajstić information content (AvgIpc) is 2.63.